The minimum Gasteiger partial charge on any atom is -0.469 e. The molecule has 1 atom stereocenters. The van der Waals surface area contributed by atoms with Gasteiger partial charge in [0.05, 0.1) is 25.8 Å². The maximum Gasteiger partial charge on any atom is 0.305 e. The second-order valence-corrected chi connectivity index (χ2v) is 11.1. The lowest BCUT2D eigenvalue weighted by Crippen LogP contribution is -2.16. The Hall–Kier alpha value is -4.99. The summed E-state index contributed by atoms with van der Waals surface area (Å²) in [6.07, 6.45) is 10.4. The van der Waals surface area contributed by atoms with Crippen LogP contribution >= 0.6 is 0 Å². The van der Waals surface area contributed by atoms with Crippen LogP contribution in [0.15, 0.2) is 46.1 Å². The van der Waals surface area contributed by atoms with Crippen molar-refractivity contribution in [3.63, 3.8) is 0 Å². The molecule has 2 aromatic heterocycles. The highest BCUT2D eigenvalue weighted by molar-refractivity contribution is 6.31. The smallest absolute Gasteiger partial charge is 0.305 e. The van der Waals surface area contributed by atoms with Crippen LogP contribution in [0.1, 0.15) is 67.3 Å². The quantitative estimate of drug-likeness (QED) is 0.277. The number of H-pyrrole nitrogens is 2. The Labute approximate surface area is 262 Å². The van der Waals surface area contributed by atoms with E-state index in [1.54, 1.807) is 0 Å². The number of carbonyl (C=O) groups excluding carboxylic acids is 4. The molecule has 0 bridgehead atoms. The first-order valence-electron chi connectivity index (χ1n) is 14.9. The van der Waals surface area contributed by atoms with Crippen molar-refractivity contribution >= 4 is 47.7 Å². The van der Waals surface area contributed by atoms with Crippen molar-refractivity contribution in [2.24, 2.45) is 10.9 Å². The first-order valence-corrected chi connectivity index (χ1v) is 14.9. The molecule has 45 heavy (non-hydrogen) atoms. The van der Waals surface area contributed by atoms with Crippen molar-refractivity contribution in [1.82, 2.24) is 15.3 Å². The van der Waals surface area contributed by atoms with E-state index >= 15 is 0 Å². The van der Waals surface area contributed by atoms with Crippen LogP contribution in [0.25, 0.3) is 18.2 Å². The lowest BCUT2D eigenvalue weighted by Gasteiger charge is -2.04. The van der Waals surface area contributed by atoms with E-state index in [9.17, 15) is 19.2 Å². The molecule has 4 heterocycles. The predicted octanol–water partition coefficient (Wildman–Crippen LogP) is 3.32. The summed E-state index contributed by atoms with van der Waals surface area (Å²) < 4.78 is 9.81. The maximum atomic E-state index is 12.4. The second-order valence-electron chi connectivity index (χ2n) is 11.1. The normalized spacial score (nSPS) is 19.2. The van der Waals surface area contributed by atoms with Crippen molar-refractivity contribution in [1.29, 1.82) is 0 Å². The van der Waals surface area contributed by atoms with E-state index in [0.717, 1.165) is 61.2 Å². The monoisotopic (exact) mass is 613 g/mol. The van der Waals surface area contributed by atoms with Gasteiger partial charge in [0.1, 0.15) is 0 Å². The number of aromatic amines is 2. The summed E-state index contributed by atoms with van der Waals surface area (Å²) in [5.74, 6) is -1.30. The van der Waals surface area contributed by atoms with Gasteiger partial charge in [-0.25, -0.2) is 4.99 Å². The zero-order chi connectivity index (χ0) is 33.0. The summed E-state index contributed by atoms with van der Waals surface area (Å²) in [7, 11) is 2.72. The molecule has 1 saturated heterocycles. The number of allylic oxidation sites excluding steroid dienone is 3. The Morgan fingerprint density at radius 1 is 0.889 bits per heavy atom. The Bertz CT molecular complexity index is 1840. The van der Waals surface area contributed by atoms with Crippen molar-refractivity contribution in [3.8, 4) is 0 Å². The molecular formula is C35H40N4O6. The minimum absolute atomic E-state index is 0.0593. The first-order chi connectivity index (χ1) is 21.4. The van der Waals surface area contributed by atoms with Crippen molar-refractivity contribution in [2.75, 3.05) is 14.2 Å². The predicted molar refractivity (Wildman–Crippen MR) is 173 cm³/mol. The molecule has 10 nitrogen and oxygen atoms in total. The number of rotatable bonds is 10. The van der Waals surface area contributed by atoms with Crippen LogP contribution in [0.4, 0.5) is 0 Å². The highest BCUT2D eigenvalue weighted by atomic mass is 16.5. The molecule has 0 radical (unpaired) electrons. The van der Waals surface area contributed by atoms with Crippen LogP contribution in [0.5, 0.6) is 0 Å². The van der Waals surface area contributed by atoms with E-state index in [2.05, 4.69) is 26.9 Å². The minimum atomic E-state index is -0.330. The molecule has 236 valence electrons. The van der Waals surface area contributed by atoms with Crippen molar-refractivity contribution in [2.45, 2.75) is 60.3 Å². The Morgan fingerprint density at radius 2 is 1.53 bits per heavy atom. The number of methoxy groups -OCH3 is 2. The molecule has 0 unspecified atom stereocenters. The maximum absolute atomic E-state index is 12.4. The molecule has 0 saturated carbocycles. The van der Waals surface area contributed by atoms with Crippen LogP contribution in [0.3, 0.4) is 0 Å². The first kappa shape index (κ1) is 32.9. The zero-order valence-corrected chi connectivity index (χ0v) is 26.9. The van der Waals surface area contributed by atoms with Crippen molar-refractivity contribution < 1.29 is 28.7 Å². The van der Waals surface area contributed by atoms with Crippen LogP contribution in [0, 0.1) is 19.8 Å². The summed E-state index contributed by atoms with van der Waals surface area (Å²) in [5, 5.41) is 4.48. The standard InChI is InChI=1S/C35H40N4O6/c1-9-22-21(6)34(42)39-29(22)16-27-20(5)25(12-14-33(41)45-8)31(37-27)17-30-24(11-13-32(40)44-7)19(4)26(36-30)15-28-18(3)23(10-2)35(43)38-28/h9-10,15-17,21,36-37H,2,11-14H2,1,3-8H3,(H,39,42)/b22-9+,26-15+,29-16+,30-17-/t21-/m1/s1/i15+1. The SMILES string of the molecule is C=CC1=C(C)C(/[13CH]=c2/[nH]/c(=C\c3[nH]c(/C=C4/NC(=O)[C@H](C)/C4=C\C)c(C)c3CCC(=O)OC)c(CCC(=O)OC)c2C)=NC1=O. The van der Waals surface area contributed by atoms with Gasteiger partial charge in [-0.05, 0) is 99.1 Å². The van der Waals surface area contributed by atoms with Gasteiger partial charge in [0.15, 0.2) is 0 Å². The zero-order valence-electron chi connectivity index (χ0n) is 26.9. The molecule has 3 N–H and O–H groups in total. The van der Waals surface area contributed by atoms with Gasteiger partial charge >= 0.3 is 11.9 Å². The number of ether oxygens (including phenoxy) is 2. The van der Waals surface area contributed by atoms with Crippen LogP contribution in [0.2, 0.25) is 0 Å². The van der Waals surface area contributed by atoms with Gasteiger partial charge in [-0.1, -0.05) is 18.7 Å². The number of carbonyl (C=O) groups is 4. The number of nitrogens with zero attached hydrogens (tertiary/aromatic N) is 1. The summed E-state index contributed by atoms with van der Waals surface area (Å²) in [4.78, 5) is 60.2. The lowest BCUT2D eigenvalue weighted by molar-refractivity contribution is -0.141. The third-order valence-corrected chi connectivity index (χ3v) is 8.56. The van der Waals surface area contributed by atoms with Gasteiger partial charge in [0.2, 0.25) is 5.91 Å². The topological polar surface area (TPSA) is 143 Å². The summed E-state index contributed by atoms with van der Waals surface area (Å²) in [6.45, 7) is 13.3. The Balaban J connectivity index is 1.91. The summed E-state index contributed by atoms with van der Waals surface area (Å²) >= 11 is 0. The number of aromatic nitrogens is 2. The molecular weight excluding hydrogens is 573 g/mol. The lowest BCUT2D eigenvalue weighted by atomic mass is 10.0. The summed E-state index contributed by atoms with van der Waals surface area (Å²) in [6, 6.07) is 0. The highest BCUT2D eigenvalue weighted by Crippen LogP contribution is 2.29. The average molecular weight is 614 g/mol. The molecule has 2 aliphatic rings. The number of esters is 2. The van der Waals surface area contributed by atoms with E-state index in [-0.39, 0.29) is 42.5 Å². The highest BCUT2D eigenvalue weighted by Gasteiger charge is 2.29. The van der Waals surface area contributed by atoms with Gasteiger partial charge in [-0.15, -0.1) is 0 Å². The van der Waals surface area contributed by atoms with E-state index < -0.39 is 0 Å². The van der Waals surface area contributed by atoms with E-state index in [4.69, 9.17) is 9.47 Å². The molecule has 2 aliphatic heterocycles. The molecule has 4 rings (SSSR count). The van der Waals surface area contributed by atoms with E-state index in [1.807, 2.05) is 58.9 Å². The van der Waals surface area contributed by atoms with Gasteiger partial charge in [-0.3, -0.25) is 19.2 Å². The fourth-order valence-electron chi connectivity index (χ4n) is 5.77. The summed E-state index contributed by atoms with van der Waals surface area (Å²) in [5.41, 5.74) is 8.63. The third kappa shape index (κ3) is 6.74. The van der Waals surface area contributed by atoms with Crippen LogP contribution in [-0.4, -0.2) is 53.7 Å². The Morgan fingerprint density at radius 3 is 2.11 bits per heavy atom. The molecule has 2 amide bonds. The van der Waals surface area contributed by atoms with Crippen molar-refractivity contribution in [3.05, 3.63) is 85.5 Å². The second kappa shape index (κ2) is 13.8. The molecule has 1 fully saturated rings. The van der Waals surface area contributed by atoms with Gasteiger partial charge in [-0.2, -0.15) is 0 Å². The van der Waals surface area contributed by atoms with Gasteiger partial charge < -0.3 is 24.8 Å². The van der Waals surface area contributed by atoms with E-state index in [1.165, 1.54) is 20.3 Å². The molecule has 0 spiro atoms. The van der Waals surface area contributed by atoms with Gasteiger partial charge in [0.25, 0.3) is 5.91 Å². The number of hydrogen-bond acceptors (Lipinski definition) is 6. The van der Waals surface area contributed by atoms with Crippen LogP contribution in [-0.2, 0) is 41.5 Å². The largest absolute Gasteiger partial charge is 0.469 e. The number of aliphatic imine (C=N–C) groups is 1. The van der Waals surface area contributed by atoms with E-state index in [0.29, 0.717) is 24.1 Å². The number of nitrogens with one attached hydrogen (secondary N) is 3. The average Bonchev–Trinajstić information content (AvgIpc) is 3.66. The molecule has 2 aromatic rings. The Kier molecular flexibility index (Phi) is 10.1. The molecule has 0 aliphatic carbocycles. The number of hydrogen-bond donors (Lipinski definition) is 3. The molecule has 10 heteroatoms. The van der Waals surface area contributed by atoms with Gasteiger partial charge in [0, 0.05) is 46.2 Å². The number of amides is 2. The fourth-order valence-corrected chi connectivity index (χ4v) is 5.77. The molecule has 0 aromatic carbocycles. The fraction of sp³-hybridized carbons (Fsp3) is 0.343. The third-order valence-electron chi connectivity index (χ3n) is 8.56. The van der Waals surface area contributed by atoms with Crippen LogP contribution < -0.4 is 16.0 Å².